The summed E-state index contributed by atoms with van der Waals surface area (Å²) in [5.41, 5.74) is 1.87. The molecule has 30 heavy (non-hydrogen) atoms. The fourth-order valence-electron chi connectivity index (χ4n) is 2.94. The Labute approximate surface area is 169 Å². The van der Waals surface area contributed by atoms with Crippen molar-refractivity contribution in [1.82, 2.24) is 15.2 Å². The molecule has 0 spiro atoms. The largest absolute Gasteiger partial charge is 0.292 e. The Hall–Kier alpha value is -4.20. The van der Waals surface area contributed by atoms with E-state index in [0.29, 0.717) is 16.5 Å². The van der Waals surface area contributed by atoms with Crippen molar-refractivity contribution < 1.29 is 13.6 Å². The molecule has 6 nitrogen and oxygen atoms in total. The van der Waals surface area contributed by atoms with E-state index in [-0.39, 0.29) is 16.8 Å². The number of carbonyl (C=O) groups is 1. The van der Waals surface area contributed by atoms with E-state index >= 15 is 0 Å². The molecule has 1 heterocycles. The number of amides is 1. The zero-order valence-electron chi connectivity index (χ0n) is 15.4. The lowest BCUT2D eigenvalue weighted by Crippen LogP contribution is -2.28. The molecule has 0 atom stereocenters. The van der Waals surface area contributed by atoms with Crippen molar-refractivity contribution in [2.45, 2.75) is 0 Å². The molecule has 1 amide bonds. The van der Waals surface area contributed by atoms with Gasteiger partial charge in [0.05, 0.1) is 22.9 Å². The van der Waals surface area contributed by atoms with Gasteiger partial charge in [-0.1, -0.05) is 42.5 Å². The Morgan fingerprint density at radius 1 is 0.900 bits per heavy atom. The highest BCUT2D eigenvalue weighted by Crippen LogP contribution is 2.15. The molecule has 0 saturated carbocycles. The molecule has 0 bridgehead atoms. The van der Waals surface area contributed by atoms with Gasteiger partial charge in [-0.05, 0) is 30.3 Å². The monoisotopic (exact) mass is 404 g/mol. The number of halogens is 2. The number of benzene rings is 3. The Balaban J connectivity index is 1.75. The quantitative estimate of drug-likeness (QED) is 0.418. The Morgan fingerprint density at radius 3 is 2.23 bits per heavy atom. The minimum atomic E-state index is -0.811. The predicted molar refractivity (Wildman–Crippen MR) is 109 cm³/mol. The summed E-state index contributed by atoms with van der Waals surface area (Å²) < 4.78 is 28.5. The van der Waals surface area contributed by atoms with E-state index in [9.17, 15) is 18.4 Å². The van der Waals surface area contributed by atoms with Gasteiger partial charge in [0.15, 0.2) is 5.69 Å². The molecule has 0 aliphatic rings. The van der Waals surface area contributed by atoms with Gasteiger partial charge in [-0.15, -0.1) is 0 Å². The number of rotatable bonds is 4. The number of nitrogens with zero attached hydrogens (tertiary/aromatic N) is 3. The Morgan fingerprint density at radius 2 is 1.53 bits per heavy atom. The second-order valence-corrected chi connectivity index (χ2v) is 6.28. The van der Waals surface area contributed by atoms with E-state index in [1.54, 1.807) is 54.6 Å². The van der Waals surface area contributed by atoms with Crippen LogP contribution in [0.2, 0.25) is 0 Å². The van der Waals surface area contributed by atoms with Gasteiger partial charge in [0, 0.05) is 5.39 Å². The maximum atomic E-state index is 13.7. The van der Waals surface area contributed by atoms with Gasteiger partial charge in [-0.2, -0.15) is 14.9 Å². The van der Waals surface area contributed by atoms with Crippen LogP contribution in [0.1, 0.15) is 16.1 Å². The number of nitrogens with one attached hydrogen (secondary N) is 1. The van der Waals surface area contributed by atoms with Crippen molar-refractivity contribution in [1.29, 1.82) is 0 Å². The van der Waals surface area contributed by atoms with Gasteiger partial charge >= 0.3 is 0 Å². The Kier molecular flexibility index (Phi) is 5.13. The van der Waals surface area contributed by atoms with Crippen LogP contribution in [0.3, 0.4) is 0 Å². The van der Waals surface area contributed by atoms with Crippen LogP contribution >= 0.6 is 0 Å². The molecule has 0 aliphatic heterocycles. The summed E-state index contributed by atoms with van der Waals surface area (Å²) in [6, 6.07) is 18.6. The molecule has 1 N–H and O–H groups in total. The molecule has 3 aromatic carbocycles. The van der Waals surface area contributed by atoms with Gasteiger partial charge in [0.2, 0.25) is 0 Å². The van der Waals surface area contributed by atoms with Crippen molar-refractivity contribution in [3.8, 4) is 5.69 Å². The van der Waals surface area contributed by atoms with Crippen LogP contribution in [-0.2, 0) is 0 Å². The lowest BCUT2D eigenvalue weighted by atomic mass is 10.1. The third-order valence-corrected chi connectivity index (χ3v) is 4.38. The van der Waals surface area contributed by atoms with Crippen molar-refractivity contribution in [2.75, 3.05) is 0 Å². The molecule has 148 valence electrons. The molecular weight excluding hydrogens is 390 g/mol. The number of fused-ring (bicyclic) bond motifs is 1. The van der Waals surface area contributed by atoms with E-state index in [1.807, 2.05) is 0 Å². The van der Waals surface area contributed by atoms with Crippen LogP contribution in [0, 0.1) is 11.6 Å². The average molecular weight is 404 g/mol. The average Bonchev–Trinajstić information content (AvgIpc) is 2.77. The first-order chi connectivity index (χ1) is 14.6. The summed E-state index contributed by atoms with van der Waals surface area (Å²) in [4.78, 5) is 25.6. The first kappa shape index (κ1) is 19.1. The van der Waals surface area contributed by atoms with Gasteiger partial charge < -0.3 is 0 Å². The number of carbonyl (C=O) groups excluding carboxylic acids is 1. The molecule has 4 aromatic rings. The van der Waals surface area contributed by atoms with Crippen LogP contribution in [0.15, 0.2) is 82.7 Å². The van der Waals surface area contributed by atoms with Crippen molar-refractivity contribution in [2.24, 2.45) is 5.10 Å². The highest BCUT2D eigenvalue weighted by molar-refractivity contribution is 6.05. The summed E-state index contributed by atoms with van der Waals surface area (Å²) in [5.74, 6) is -2.35. The maximum Gasteiger partial charge on any atom is 0.292 e. The second kappa shape index (κ2) is 8.04. The first-order valence-electron chi connectivity index (χ1n) is 8.91. The van der Waals surface area contributed by atoms with Gasteiger partial charge in [0.25, 0.3) is 11.5 Å². The fraction of sp³-hybridized carbons (Fsp3) is 0. The Bertz CT molecular complexity index is 1310. The van der Waals surface area contributed by atoms with E-state index in [1.165, 1.54) is 6.07 Å². The van der Waals surface area contributed by atoms with Gasteiger partial charge in [-0.25, -0.2) is 14.2 Å². The van der Waals surface area contributed by atoms with Crippen LogP contribution in [0.25, 0.3) is 16.5 Å². The summed E-state index contributed by atoms with van der Waals surface area (Å²) >= 11 is 0. The minimum Gasteiger partial charge on any atom is -0.267 e. The molecule has 0 saturated heterocycles. The summed E-state index contributed by atoms with van der Waals surface area (Å²) in [5, 5.41) is 8.47. The normalized spacial score (nSPS) is 11.1. The topological polar surface area (TPSA) is 76.3 Å². The lowest BCUT2D eigenvalue weighted by molar-refractivity contribution is 0.0950. The third-order valence-electron chi connectivity index (χ3n) is 4.38. The molecule has 0 radical (unpaired) electrons. The van der Waals surface area contributed by atoms with E-state index in [4.69, 9.17) is 0 Å². The lowest BCUT2D eigenvalue weighted by Gasteiger charge is -2.10. The fourth-order valence-corrected chi connectivity index (χ4v) is 2.94. The number of aromatic nitrogens is 2. The minimum absolute atomic E-state index is 0.0554. The number of para-hydroxylation sites is 1. The SMILES string of the molecule is O=C(N/N=C\c1c(F)cccc1F)c1nn(-c2ccccc2)c(=O)c2ccccc12. The standard InChI is InChI=1S/C22H14F2N4O2/c23-18-11-6-12-19(24)17(18)13-25-26-21(29)20-15-9-4-5-10-16(15)22(30)28(27-20)14-7-2-1-3-8-14/h1-13H,(H,26,29)/b25-13-. The predicted octanol–water partition coefficient (Wildman–Crippen LogP) is 3.43. The summed E-state index contributed by atoms with van der Waals surface area (Å²) in [6.07, 6.45) is 0.873. The van der Waals surface area contributed by atoms with Crippen molar-refractivity contribution in [3.63, 3.8) is 0 Å². The number of hydrazone groups is 1. The van der Waals surface area contributed by atoms with E-state index < -0.39 is 17.5 Å². The smallest absolute Gasteiger partial charge is 0.267 e. The van der Waals surface area contributed by atoms with Gasteiger partial charge in [0.1, 0.15) is 11.6 Å². The van der Waals surface area contributed by atoms with Crippen LogP contribution in [-0.4, -0.2) is 21.9 Å². The highest BCUT2D eigenvalue weighted by atomic mass is 19.1. The molecule has 1 aromatic heterocycles. The maximum absolute atomic E-state index is 13.7. The van der Waals surface area contributed by atoms with Crippen LogP contribution in [0.4, 0.5) is 8.78 Å². The molecule has 0 unspecified atom stereocenters. The zero-order chi connectivity index (χ0) is 21.1. The molecule has 0 fully saturated rings. The summed E-state index contributed by atoms with van der Waals surface area (Å²) in [6.45, 7) is 0. The van der Waals surface area contributed by atoms with Crippen molar-refractivity contribution >= 4 is 22.9 Å². The zero-order valence-corrected chi connectivity index (χ0v) is 15.4. The summed E-state index contributed by atoms with van der Waals surface area (Å²) in [7, 11) is 0. The number of hydrogen-bond acceptors (Lipinski definition) is 4. The van der Waals surface area contributed by atoms with Crippen molar-refractivity contribution in [3.05, 3.63) is 106 Å². The molecule has 0 aliphatic carbocycles. The van der Waals surface area contributed by atoms with Crippen LogP contribution in [0.5, 0.6) is 0 Å². The van der Waals surface area contributed by atoms with Crippen LogP contribution < -0.4 is 11.0 Å². The first-order valence-corrected chi connectivity index (χ1v) is 8.91. The molecular formula is C22H14F2N4O2. The highest BCUT2D eigenvalue weighted by Gasteiger charge is 2.17. The molecule has 8 heteroatoms. The van der Waals surface area contributed by atoms with E-state index in [2.05, 4.69) is 15.6 Å². The third kappa shape index (κ3) is 3.58. The second-order valence-electron chi connectivity index (χ2n) is 6.28. The van der Waals surface area contributed by atoms with Gasteiger partial charge in [-0.3, -0.25) is 9.59 Å². The number of hydrogen-bond donors (Lipinski definition) is 1. The molecule has 4 rings (SSSR count). The van der Waals surface area contributed by atoms with E-state index in [0.717, 1.165) is 23.0 Å².